The van der Waals surface area contributed by atoms with Crippen molar-refractivity contribution in [2.45, 2.75) is 26.8 Å². The van der Waals surface area contributed by atoms with Crippen LogP contribution in [0.3, 0.4) is 0 Å². The first kappa shape index (κ1) is 20.2. The van der Waals surface area contributed by atoms with E-state index in [0.29, 0.717) is 22.8 Å². The number of nitrogens with one attached hydrogen (secondary N) is 2. The fourth-order valence-corrected chi connectivity index (χ4v) is 2.96. The van der Waals surface area contributed by atoms with E-state index < -0.39 is 11.9 Å². The summed E-state index contributed by atoms with van der Waals surface area (Å²) in [6.07, 6.45) is 2.77. The maximum Gasteiger partial charge on any atom is 0.311 e. The Morgan fingerprint density at radius 1 is 1.24 bits per heavy atom. The summed E-state index contributed by atoms with van der Waals surface area (Å²) < 4.78 is 9.90. The highest BCUT2D eigenvalue weighted by Gasteiger charge is 2.26. The first-order chi connectivity index (χ1) is 13.9. The molecule has 0 radical (unpaired) electrons. The predicted molar refractivity (Wildman–Crippen MR) is 107 cm³/mol. The first-order valence-electron chi connectivity index (χ1n) is 9.13. The van der Waals surface area contributed by atoms with Crippen LogP contribution in [0.2, 0.25) is 0 Å². The standard InChI is InChI=1S/C21H23N3O5/c1-13-7-17-18(8-14(13)2)24(12-19(25)22-11-16-5-4-6-29-16)20(26)9-15(23-17)10-21(27)28-3/h4-9,23H,10-12H2,1-3H3,(H,22,25). The van der Waals surface area contributed by atoms with E-state index in [1.54, 1.807) is 12.1 Å². The average molecular weight is 397 g/mol. The Hall–Kier alpha value is -3.55. The minimum absolute atomic E-state index is 0.0763. The molecule has 2 N–H and O–H groups in total. The molecule has 1 aliphatic heterocycles. The molecule has 1 aromatic heterocycles. The molecule has 1 aliphatic rings. The molecule has 0 bridgehead atoms. The number of anilines is 2. The number of nitrogens with zero attached hydrogens (tertiary/aromatic N) is 1. The fourth-order valence-electron chi connectivity index (χ4n) is 2.96. The summed E-state index contributed by atoms with van der Waals surface area (Å²) in [5, 5.41) is 5.87. The van der Waals surface area contributed by atoms with Crippen LogP contribution < -0.4 is 15.5 Å². The minimum atomic E-state index is -0.466. The summed E-state index contributed by atoms with van der Waals surface area (Å²) in [6, 6.07) is 7.23. The number of carbonyl (C=O) groups excluding carboxylic acids is 3. The van der Waals surface area contributed by atoms with Crippen LogP contribution in [0, 0.1) is 13.8 Å². The molecule has 0 atom stereocenters. The highest BCUT2D eigenvalue weighted by Crippen LogP contribution is 2.33. The highest BCUT2D eigenvalue weighted by molar-refractivity contribution is 6.09. The van der Waals surface area contributed by atoms with Gasteiger partial charge in [0, 0.05) is 11.8 Å². The zero-order valence-electron chi connectivity index (χ0n) is 16.6. The van der Waals surface area contributed by atoms with Gasteiger partial charge in [0.2, 0.25) is 5.91 Å². The Morgan fingerprint density at radius 3 is 2.69 bits per heavy atom. The number of hydrogen-bond donors (Lipinski definition) is 2. The molecule has 2 heterocycles. The van der Waals surface area contributed by atoms with Crippen LogP contribution in [-0.4, -0.2) is 31.4 Å². The highest BCUT2D eigenvalue weighted by atomic mass is 16.5. The van der Waals surface area contributed by atoms with Crippen LogP contribution in [0.25, 0.3) is 0 Å². The van der Waals surface area contributed by atoms with E-state index >= 15 is 0 Å². The lowest BCUT2D eigenvalue weighted by atomic mass is 10.1. The van der Waals surface area contributed by atoms with Gasteiger partial charge in [-0.25, -0.2) is 0 Å². The van der Waals surface area contributed by atoms with Crippen molar-refractivity contribution in [3.8, 4) is 0 Å². The van der Waals surface area contributed by atoms with E-state index in [4.69, 9.17) is 9.15 Å². The van der Waals surface area contributed by atoms with Crippen molar-refractivity contribution in [3.63, 3.8) is 0 Å². The fraction of sp³-hybridized carbons (Fsp3) is 0.286. The number of furan rings is 1. The molecule has 1 aromatic carbocycles. The number of ether oxygens (including phenoxy) is 1. The van der Waals surface area contributed by atoms with Crippen molar-refractivity contribution in [1.82, 2.24) is 5.32 Å². The van der Waals surface area contributed by atoms with Gasteiger partial charge in [-0.2, -0.15) is 0 Å². The molecule has 0 fully saturated rings. The molecule has 2 aromatic rings. The van der Waals surface area contributed by atoms with Crippen LogP contribution in [-0.2, 0) is 25.7 Å². The van der Waals surface area contributed by atoms with Crippen molar-refractivity contribution >= 4 is 29.2 Å². The molecular formula is C21H23N3O5. The number of amides is 2. The SMILES string of the molecule is COC(=O)CC1=CC(=O)N(CC(=O)NCc2ccco2)c2cc(C)c(C)cc2N1. The van der Waals surface area contributed by atoms with Gasteiger partial charge in [-0.15, -0.1) is 0 Å². The quantitative estimate of drug-likeness (QED) is 0.726. The number of fused-ring (bicyclic) bond motifs is 1. The van der Waals surface area contributed by atoms with Gasteiger partial charge in [0.15, 0.2) is 0 Å². The molecule has 8 nitrogen and oxygen atoms in total. The third-order valence-electron chi connectivity index (χ3n) is 4.67. The maximum absolute atomic E-state index is 12.9. The van der Waals surface area contributed by atoms with Crippen LogP contribution in [0.1, 0.15) is 23.3 Å². The third kappa shape index (κ3) is 4.84. The van der Waals surface area contributed by atoms with Crippen molar-refractivity contribution in [1.29, 1.82) is 0 Å². The van der Waals surface area contributed by atoms with Gasteiger partial charge in [0.25, 0.3) is 5.91 Å². The molecule has 152 valence electrons. The molecule has 0 saturated heterocycles. The summed E-state index contributed by atoms with van der Waals surface area (Å²) in [6.45, 7) is 3.95. The molecule has 0 unspecified atom stereocenters. The van der Waals surface area contributed by atoms with Crippen LogP contribution >= 0.6 is 0 Å². The zero-order chi connectivity index (χ0) is 21.0. The number of benzene rings is 1. The Bertz CT molecular complexity index is 963. The van der Waals surface area contributed by atoms with Crippen LogP contribution in [0.4, 0.5) is 11.4 Å². The Morgan fingerprint density at radius 2 is 2.00 bits per heavy atom. The van der Waals surface area contributed by atoms with Crippen molar-refractivity contribution in [2.75, 3.05) is 23.9 Å². The summed E-state index contributed by atoms with van der Waals surface area (Å²) in [5.41, 5.74) is 3.63. The maximum atomic E-state index is 12.9. The number of aryl methyl sites for hydroxylation is 2. The molecule has 0 saturated carbocycles. The molecule has 0 spiro atoms. The van der Waals surface area contributed by atoms with Gasteiger partial charge in [0.1, 0.15) is 12.3 Å². The summed E-state index contributed by atoms with van der Waals surface area (Å²) >= 11 is 0. The second-order valence-corrected chi connectivity index (χ2v) is 6.78. The topological polar surface area (TPSA) is 101 Å². The smallest absolute Gasteiger partial charge is 0.311 e. The van der Waals surface area contributed by atoms with Gasteiger partial charge >= 0.3 is 5.97 Å². The summed E-state index contributed by atoms with van der Waals surface area (Å²) in [5.74, 6) is -0.573. The monoisotopic (exact) mass is 397 g/mol. The van der Waals surface area contributed by atoms with Gasteiger partial charge in [0.05, 0.1) is 37.7 Å². The normalized spacial score (nSPS) is 13.1. The lowest BCUT2D eigenvalue weighted by Crippen LogP contribution is -2.40. The van der Waals surface area contributed by atoms with Gasteiger partial charge in [-0.05, 0) is 49.2 Å². The molecule has 0 aliphatic carbocycles. The molecule has 3 rings (SSSR count). The van der Waals surface area contributed by atoms with Gasteiger partial charge < -0.3 is 19.8 Å². The number of hydrogen-bond acceptors (Lipinski definition) is 6. The number of carbonyl (C=O) groups is 3. The largest absolute Gasteiger partial charge is 0.469 e. The van der Waals surface area contributed by atoms with E-state index in [2.05, 4.69) is 10.6 Å². The second kappa shape index (κ2) is 8.64. The lowest BCUT2D eigenvalue weighted by molar-refractivity contribution is -0.139. The zero-order valence-corrected chi connectivity index (χ0v) is 16.6. The molecular weight excluding hydrogens is 374 g/mol. The van der Waals surface area contributed by atoms with Gasteiger partial charge in [-0.3, -0.25) is 19.3 Å². The molecule has 8 heteroatoms. The van der Waals surface area contributed by atoms with Crippen molar-refractivity contribution < 1.29 is 23.5 Å². The van der Waals surface area contributed by atoms with E-state index in [0.717, 1.165) is 11.1 Å². The first-order valence-corrected chi connectivity index (χ1v) is 9.13. The van der Waals surface area contributed by atoms with E-state index in [1.807, 2.05) is 26.0 Å². The average Bonchev–Trinajstić information content (AvgIpc) is 3.17. The second-order valence-electron chi connectivity index (χ2n) is 6.78. The lowest BCUT2D eigenvalue weighted by Gasteiger charge is -2.23. The van der Waals surface area contributed by atoms with E-state index in [1.165, 1.54) is 24.3 Å². The summed E-state index contributed by atoms with van der Waals surface area (Å²) in [7, 11) is 1.29. The van der Waals surface area contributed by atoms with Crippen LogP contribution in [0.5, 0.6) is 0 Å². The van der Waals surface area contributed by atoms with E-state index in [-0.39, 0.29) is 25.4 Å². The number of esters is 1. The van der Waals surface area contributed by atoms with Crippen molar-refractivity contribution in [2.24, 2.45) is 0 Å². The van der Waals surface area contributed by atoms with E-state index in [9.17, 15) is 14.4 Å². The van der Waals surface area contributed by atoms with Gasteiger partial charge in [-0.1, -0.05) is 0 Å². The third-order valence-corrected chi connectivity index (χ3v) is 4.67. The van der Waals surface area contributed by atoms with Crippen molar-refractivity contribution in [3.05, 3.63) is 59.2 Å². The minimum Gasteiger partial charge on any atom is -0.469 e. The Kier molecular flexibility index (Phi) is 6.01. The molecule has 2 amide bonds. The number of methoxy groups -OCH3 is 1. The number of rotatable bonds is 6. The Balaban J connectivity index is 1.86. The Labute approximate surface area is 168 Å². The van der Waals surface area contributed by atoms with Crippen LogP contribution in [0.15, 0.2) is 46.7 Å². The predicted octanol–water partition coefficient (Wildman–Crippen LogP) is 2.42. The molecule has 29 heavy (non-hydrogen) atoms. The summed E-state index contributed by atoms with van der Waals surface area (Å²) in [4.78, 5) is 38.4.